The zero-order chi connectivity index (χ0) is 17.4. The Morgan fingerprint density at radius 3 is 2.72 bits per heavy atom. The Bertz CT molecular complexity index is 735. The maximum absolute atomic E-state index is 5.40. The molecule has 0 radical (unpaired) electrons. The standard InChI is InChI=1S/C19H26N4OS/c1-19(2)9-13(22-12-7-5-4-6-8-12)16-14(10-19)23-15-17(24-3)20-11-21-18(15)25-16/h11-12,22H,4-10H2,1-3H3/p+1. The maximum atomic E-state index is 5.40. The number of nitrogens with two attached hydrogens (primary N) is 1. The number of methoxy groups -OCH3 is 1. The molecule has 1 aliphatic heterocycles. The smallest absolute Gasteiger partial charge is 0.244 e. The molecule has 2 aliphatic carbocycles. The molecule has 4 rings (SSSR count). The molecule has 1 fully saturated rings. The summed E-state index contributed by atoms with van der Waals surface area (Å²) in [5.41, 5.74) is 3.70. The van der Waals surface area contributed by atoms with Crippen molar-refractivity contribution in [2.45, 2.75) is 69.9 Å². The van der Waals surface area contributed by atoms with Crippen molar-refractivity contribution >= 4 is 23.2 Å². The first-order valence-electron chi connectivity index (χ1n) is 9.28. The van der Waals surface area contributed by atoms with E-state index in [2.05, 4.69) is 29.1 Å². The lowest BCUT2D eigenvalue weighted by Gasteiger charge is -2.35. The van der Waals surface area contributed by atoms with Gasteiger partial charge in [0.05, 0.1) is 23.8 Å². The second kappa shape index (κ2) is 6.72. The molecule has 25 heavy (non-hydrogen) atoms. The van der Waals surface area contributed by atoms with Gasteiger partial charge in [-0.15, -0.1) is 0 Å². The molecule has 0 saturated heterocycles. The van der Waals surface area contributed by atoms with Gasteiger partial charge < -0.3 is 10.1 Å². The number of rotatable bonds is 3. The minimum Gasteiger partial charge on any atom is -0.479 e. The Hall–Kier alpha value is -1.40. The summed E-state index contributed by atoms with van der Waals surface area (Å²) in [6.07, 6.45) is 10.5. The van der Waals surface area contributed by atoms with Crippen LogP contribution in [0.3, 0.4) is 0 Å². The Morgan fingerprint density at radius 1 is 1.16 bits per heavy atom. The second-order valence-electron chi connectivity index (χ2n) is 8.13. The average molecular weight is 360 g/mol. The van der Waals surface area contributed by atoms with Crippen LogP contribution in [0.5, 0.6) is 5.88 Å². The molecule has 134 valence electrons. The van der Waals surface area contributed by atoms with Crippen molar-refractivity contribution in [2.24, 2.45) is 10.4 Å². The molecule has 0 amide bonds. The van der Waals surface area contributed by atoms with Crippen molar-refractivity contribution in [1.82, 2.24) is 9.97 Å². The van der Waals surface area contributed by atoms with E-state index >= 15 is 0 Å². The summed E-state index contributed by atoms with van der Waals surface area (Å²) in [6.45, 7) is 4.69. The van der Waals surface area contributed by atoms with Gasteiger partial charge in [-0.05, 0) is 37.5 Å². The van der Waals surface area contributed by atoms with Crippen LogP contribution in [0.25, 0.3) is 0 Å². The minimum absolute atomic E-state index is 0.240. The molecule has 6 heteroatoms. The lowest BCUT2D eigenvalue weighted by molar-refractivity contribution is -0.649. The summed E-state index contributed by atoms with van der Waals surface area (Å²) >= 11 is 1.75. The van der Waals surface area contributed by atoms with Gasteiger partial charge in [-0.3, -0.25) is 0 Å². The van der Waals surface area contributed by atoms with E-state index in [1.54, 1.807) is 25.2 Å². The van der Waals surface area contributed by atoms with E-state index < -0.39 is 0 Å². The summed E-state index contributed by atoms with van der Waals surface area (Å²) in [5, 5.41) is 3.47. The quantitative estimate of drug-likeness (QED) is 0.838. The number of hydrogen-bond donors (Lipinski definition) is 1. The van der Waals surface area contributed by atoms with E-state index in [0.29, 0.717) is 5.88 Å². The molecular weight excluding hydrogens is 332 g/mol. The first-order chi connectivity index (χ1) is 12.1. The number of quaternary nitrogens is 1. The zero-order valence-corrected chi connectivity index (χ0v) is 16.2. The van der Waals surface area contributed by atoms with Crippen LogP contribution in [0.15, 0.2) is 26.9 Å². The highest BCUT2D eigenvalue weighted by molar-refractivity contribution is 8.04. The molecule has 0 unspecified atom stereocenters. The molecule has 0 spiro atoms. The summed E-state index contributed by atoms with van der Waals surface area (Å²) in [7, 11) is 1.64. The highest BCUT2D eigenvalue weighted by Crippen LogP contribution is 2.48. The van der Waals surface area contributed by atoms with Crippen LogP contribution in [0.2, 0.25) is 0 Å². The van der Waals surface area contributed by atoms with Crippen molar-refractivity contribution in [2.75, 3.05) is 7.11 Å². The number of fused-ring (bicyclic) bond motifs is 2. The molecule has 1 aromatic rings. The number of allylic oxidation sites excluding steroid dienone is 2. The molecule has 0 aromatic carbocycles. The Morgan fingerprint density at radius 2 is 1.96 bits per heavy atom. The first kappa shape index (κ1) is 17.0. The fourth-order valence-corrected chi connectivity index (χ4v) is 5.24. The van der Waals surface area contributed by atoms with Crippen molar-refractivity contribution in [3.8, 4) is 5.88 Å². The molecule has 2 heterocycles. The van der Waals surface area contributed by atoms with Gasteiger partial charge in [0.25, 0.3) is 0 Å². The van der Waals surface area contributed by atoms with Gasteiger partial charge in [-0.2, -0.15) is 4.98 Å². The number of nitrogens with zero attached hydrogens (tertiary/aromatic N) is 3. The Kier molecular flexibility index (Phi) is 4.58. The van der Waals surface area contributed by atoms with Crippen LogP contribution in [0.1, 0.15) is 58.8 Å². The third-order valence-corrected chi connectivity index (χ3v) is 6.54. The SMILES string of the molecule is COc1ncnc2c1N=C1CC(C)(C)CC([NH2+]C3CCCCC3)=C1S2. The van der Waals surface area contributed by atoms with Crippen LogP contribution in [0, 0.1) is 5.41 Å². The largest absolute Gasteiger partial charge is 0.479 e. The fourth-order valence-electron chi connectivity index (χ4n) is 4.21. The number of aliphatic imine (C=N–C) groups is 1. The van der Waals surface area contributed by atoms with Gasteiger partial charge in [0.1, 0.15) is 17.1 Å². The van der Waals surface area contributed by atoms with Crippen molar-refractivity contribution in [3.05, 3.63) is 16.9 Å². The summed E-state index contributed by atoms with van der Waals surface area (Å²) in [4.78, 5) is 14.9. The molecule has 0 atom stereocenters. The molecule has 3 aliphatic rings. The van der Waals surface area contributed by atoms with Crippen molar-refractivity contribution in [3.63, 3.8) is 0 Å². The highest BCUT2D eigenvalue weighted by atomic mass is 32.2. The van der Waals surface area contributed by atoms with Crippen LogP contribution >= 0.6 is 11.8 Å². The molecular formula is C19H27N4OS+. The monoisotopic (exact) mass is 359 g/mol. The fraction of sp³-hybridized carbons (Fsp3) is 0.632. The third-order valence-electron chi connectivity index (χ3n) is 5.35. The normalized spacial score (nSPS) is 22.9. The van der Waals surface area contributed by atoms with Crippen LogP contribution < -0.4 is 10.1 Å². The van der Waals surface area contributed by atoms with E-state index in [9.17, 15) is 0 Å². The number of hydrogen-bond acceptors (Lipinski definition) is 5. The van der Waals surface area contributed by atoms with E-state index in [1.807, 2.05) is 0 Å². The van der Waals surface area contributed by atoms with E-state index in [4.69, 9.17) is 9.73 Å². The minimum atomic E-state index is 0.240. The van der Waals surface area contributed by atoms with E-state index in [0.717, 1.165) is 29.6 Å². The second-order valence-corrected chi connectivity index (χ2v) is 9.13. The molecule has 1 saturated carbocycles. The molecule has 2 N–H and O–H groups in total. The highest BCUT2D eigenvalue weighted by Gasteiger charge is 2.38. The average Bonchev–Trinajstić information content (AvgIpc) is 2.60. The first-order valence-corrected chi connectivity index (χ1v) is 10.1. The molecule has 0 bridgehead atoms. The third kappa shape index (κ3) is 3.47. The zero-order valence-electron chi connectivity index (χ0n) is 15.3. The lowest BCUT2D eigenvalue weighted by atomic mass is 9.78. The predicted molar refractivity (Wildman–Crippen MR) is 100 cm³/mol. The van der Waals surface area contributed by atoms with Gasteiger partial charge >= 0.3 is 0 Å². The maximum Gasteiger partial charge on any atom is 0.244 e. The molecule has 1 aromatic heterocycles. The number of aromatic nitrogens is 2. The topological polar surface area (TPSA) is 64.0 Å². The van der Waals surface area contributed by atoms with Gasteiger partial charge in [-0.25, -0.2) is 9.98 Å². The summed E-state index contributed by atoms with van der Waals surface area (Å²) in [5.74, 6) is 0.574. The van der Waals surface area contributed by atoms with Gasteiger partial charge in [0, 0.05) is 6.42 Å². The van der Waals surface area contributed by atoms with Crippen LogP contribution in [-0.4, -0.2) is 28.8 Å². The number of ether oxygens (including phenoxy) is 1. The van der Waals surface area contributed by atoms with Crippen LogP contribution in [0.4, 0.5) is 5.69 Å². The predicted octanol–water partition coefficient (Wildman–Crippen LogP) is 3.59. The summed E-state index contributed by atoms with van der Waals surface area (Å²) < 4.78 is 5.40. The Balaban J connectivity index is 1.72. The lowest BCUT2D eigenvalue weighted by Crippen LogP contribution is -2.89. The molecule has 5 nitrogen and oxygen atoms in total. The Labute approximate surface area is 153 Å². The van der Waals surface area contributed by atoms with E-state index in [1.165, 1.54) is 48.4 Å². The van der Waals surface area contributed by atoms with E-state index in [-0.39, 0.29) is 5.41 Å². The van der Waals surface area contributed by atoms with Crippen molar-refractivity contribution < 1.29 is 10.1 Å². The van der Waals surface area contributed by atoms with Gasteiger partial charge in [0.2, 0.25) is 5.88 Å². The van der Waals surface area contributed by atoms with Gasteiger partial charge in [-0.1, -0.05) is 32.0 Å². The van der Waals surface area contributed by atoms with Gasteiger partial charge in [0.15, 0.2) is 5.69 Å². The summed E-state index contributed by atoms with van der Waals surface area (Å²) in [6, 6.07) is 0.730. The number of thioether (sulfide) groups is 1. The van der Waals surface area contributed by atoms with Crippen molar-refractivity contribution in [1.29, 1.82) is 0 Å². The van der Waals surface area contributed by atoms with Crippen LogP contribution in [-0.2, 0) is 0 Å².